The monoisotopic (exact) mass is 261 g/mol. The van der Waals surface area contributed by atoms with E-state index in [0.29, 0.717) is 0 Å². The second-order valence-electron chi connectivity index (χ2n) is 3.66. The molecule has 2 nitrogen and oxygen atoms in total. The first kappa shape index (κ1) is 12.0. The third-order valence-electron chi connectivity index (χ3n) is 2.45. The highest BCUT2D eigenvalue weighted by Gasteiger charge is 2.33. The summed E-state index contributed by atoms with van der Waals surface area (Å²) in [6.45, 7) is 1.45. The molecule has 2 rings (SSSR count). The lowest BCUT2D eigenvalue weighted by Gasteiger charge is -2.12. The number of alkyl halides is 3. The summed E-state index contributed by atoms with van der Waals surface area (Å²) in [4.78, 5) is 13.5. The summed E-state index contributed by atoms with van der Waals surface area (Å²) in [5.41, 5.74) is -1.01. The molecule has 2 aromatic rings. The average molecular weight is 262 g/mol. The highest BCUT2D eigenvalue weighted by molar-refractivity contribution is 6.35. The number of pyridine rings is 1. The minimum absolute atomic E-state index is 0.0199. The first-order chi connectivity index (χ1) is 7.80. The van der Waals surface area contributed by atoms with Crippen LogP contribution in [0.2, 0.25) is 5.02 Å². The molecule has 0 fully saturated rings. The van der Waals surface area contributed by atoms with Crippen LogP contribution < -0.4 is 5.56 Å². The number of nitrogens with one attached hydrogen (secondary N) is 1. The van der Waals surface area contributed by atoms with Crippen molar-refractivity contribution < 1.29 is 13.2 Å². The van der Waals surface area contributed by atoms with E-state index >= 15 is 0 Å². The zero-order valence-electron chi connectivity index (χ0n) is 8.65. The van der Waals surface area contributed by atoms with E-state index < -0.39 is 17.3 Å². The SMILES string of the molecule is Cc1cc(=O)[nH]c2c(Cl)ccc(C(F)(F)F)c12. The maximum Gasteiger partial charge on any atom is 0.417 e. The molecule has 1 aromatic heterocycles. The number of hydrogen-bond donors (Lipinski definition) is 1. The van der Waals surface area contributed by atoms with Gasteiger partial charge in [0.25, 0.3) is 0 Å². The van der Waals surface area contributed by atoms with E-state index in [0.717, 1.165) is 18.2 Å². The van der Waals surface area contributed by atoms with E-state index in [1.54, 1.807) is 0 Å². The maximum atomic E-state index is 12.8. The highest BCUT2D eigenvalue weighted by Crippen LogP contribution is 2.37. The number of H-pyrrole nitrogens is 1. The Morgan fingerprint density at radius 1 is 1.29 bits per heavy atom. The van der Waals surface area contributed by atoms with Crippen LogP contribution in [-0.4, -0.2) is 4.98 Å². The van der Waals surface area contributed by atoms with Crippen LogP contribution in [0.1, 0.15) is 11.1 Å². The van der Waals surface area contributed by atoms with E-state index in [1.807, 2.05) is 0 Å². The van der Waals surface area contributed by atoms with Crippen molar-refractivity contribution in [3.05, 3.63) is 44.7 Å². The van der Waals surface area contributed by atoms with Crippen LogP contribution in [0.15, 0.2) is 23.0 Å². The van der Waals surface area contributed by atoms with Crippen LogP contribution in [0.5, 0.6) is 0 Å². The van der Waals surface area contributed by atoms with E-state index in [4.69, 9.17) is 11.6 Å². The lowest BCUT2D eigenvalue weighted by Crippen LogP contribution is -2.11. The van der Waals surface area contributed by atoms with E-state index in [1.165, 1.54) is 6.92 Å². The van der Waals surface area contributed by atoms with Gasteiger partial charge in [-0.2, -0.15) is 13.2 Å². The van der Waals surface area contributed by atoms with Crippen molar-refractivity contribution in [2.75, 3.05) is 0 Å². The number of aryl methyl sites for hydroxylation is 1. The Morgan fingerprint density at radius 3 is 2.53 bits per heavy atom. The van der Waals surface area contributed by atoms with E-state index in [9.17, 15) is 18.0 Å². The lowest BCUT2D eigenvalue weighted by atomic mass is 10.0. The summed E-state index contributed by atoms with van der Waals surface area (Å²) in [6.07, 6.45) is -4.48. The van der Waals surface area contributed by atoms with Gasteiger partial charge in [-0.15, -0.1) is 0 Å². The fourth-order valence-corrected chi connectivity index (χ4v) is 1.98. The summed E-state index contributed by atoms with van der Waals surface area (Å²) in [5.74, 6) is 0. The van der Waals surface area contributed by atoms with Gasteiger partial charge in [-0.25, -0.2) is 0 Å². The van der Waals surface area contributed by atoms with Gasteiger partial charge in [0.1, 0.15) is 0 Å². The zero-order valence-corrected chi connectivity index (χ0v) is 9.41. The highest BCUT2D eigenvalue weighted by atomic mass is 35.5. The Labute approximate surface area is 99.0 Å². The van der Waals surface area contributed by atoms with Gasteiger partial charge in [0.05, 0.1) is 16.1 Å². The molecular weight excluding hydrogens is 255 g/mol. The number of rotatable bonds is 0. The van der Waals surface area contributed by atoms with Crippen LogP contribution in [0, 0.1) is 6.92 Å². The topological polar surface area (TPSA) is 32.9 Å². The molecule has 0 aliphatic heterocycles. The predicted octanol–water partition coefficient (Wildman–Crippen LogP) is 3.51. The average Bonchev–Trinajstić information content (AvgIpc) is 2.17. The first-order valence-corrected chi connectivity index (χ1v) is 5.08. The number of aromatic nitrogens is 1. The van der Waals surface area contributed by atoms with Gasteiger partial charge >= 0.3 is 6.18 Å². The Balaban J connectivity index is 3.00. The van der Waals surface area contributed by atoms with Gasteiger partial charge in [-0.3, -0.25) is 4.79 Å². The van der Waals surface area contributed by atoms with E-state index in [2.05, 4.69) is 4.98 Å². The third-order valence-corrected chi connectivity index (χ3v) is 2.77. The van der Waals surface area contributed by atoms with Crippen LogP contribution in [0.25, 0.3) is 10.9 Å². The molecule has 1 aromatic carbocycles. The normalized spacial score (nSPS) is 12.1. The Bertz CT molecular complexity index is 645. The zero-order chi connectivity index (χ0) is 12.8. The largest absolute Gasteiger partial charge is 0.417 e. The molecule has 0 aliphatic carbocycles. The number of fused-ring (bicyclic) bond motifs is 1. The molecule has 0 aliphatic rings. The second-order valence-corrected chi connectivity index (χ2v) is 4.07. The minimum Gasteiger partial charge on any atom is -0.321 e. The summed E-state index contributed by atoms with van der Waals surface area (Å²) in [6, 6.07) is 3.16. The Hall–Kier alpha value is -1.49. The summed E-state index contributed by atoms with van der Waals surface area (Å²) in [7, 11) is 0. The molecule has 0 saturated carbocycles. The molecule has 1 heterocycles. The van der Waals surface area contributed by atoms with Crippen molar-refractivity contribution in [1.29, 1.82) is 0 Å². The summed E-state index contributed by atoms with van der Waals surface area (Å²) < 4.78 is 38.4. The third kappa shape index (κ3) is 2.02. The Kier molecular flexibility index (Phi) is 2.66. The van der Waals surface area contributed by atoms with Crippen molar-refractivity contribution in [3.63, 3.8) is 0 Å². The van der Waals surface area contributed by atoms with Gasteiger partial charge < -0.3 is 4.98 Å². The molecular formula is C11H7ClF3NO. The van der Waals surface area contributed by atoms with Crippen LogP contribution in [-0.2, 0) is 6.18 Å². The van der Waals surface area contributed by atoms with Crippen LogP contribution >= 0.6 is 11.6 Å². The molecule has 0 atom stereocenters. The fourth-order valence-electron chi connectivity index (χ4n) is 1.77. The number of aromatic amines is 1. The molecule has 0 radical (unpaired) electrons. The number of hydrogen-bond acceptors (Lipinski definition) is 1. The van der Waals surface area contributed by atoms with Crippen molar-refractivity contribution in [2.24, 2.45) is 0 Å². The lowest BCUT2D eigenvalue weighted by molar-refractivity contribution is -0.136. The summed E-state index contributed by atoms with van der Waals surface area (Å²) in [5, 5.41) is 0.0263. The number of benzene rings is 1. The molecule has 0 saturated heterocycles. The number of halogens is 4. The van der Waals surface area contributed by atoms with Gasteiger partial charge in [-0.05, 0) is 24.6 Å². The van der Waals surface area contributed by atoms with Gasteiger partial charge in [0.2, 0.25) is 5.56 Å². The molecule has 1 N–H and O–H groups in total. The van der Waals surface area contributed by atoms with Crippen molar-refractivity contribution in [2.45, 2.75) is 13.1 Å². The molecule has 0 spiro atoms. The smallest absolute Gasteiger partial charge is 0.321 e. The van der Waals surface area contributed by atoms with E-state index in [-0.39, 0.29) is 21.5 Å². The van der Waals surface area contributed by atoms with Gasteiger partial charge in [0, 0.05) is 11.5 Å². The van der Waals surface area contributed by atoms with Crippen molar-refractivity contribution in [3.8, 4) is 0 Å². The van der Waals surface area contributed by atoms with Crippen LogP contribution in [0.3, 0.4) is 0 Å². The van der Waals surface area contributed by atoms with Gasteiger partial charge in [-0.1, -0.05) is 11.6 Å². The standard InChI is InChI=1S/C11H7ClF3NO/c1-5-4-8(17)16-10-7(12)3-2-6(9(5)10)11(13,14)15/h2-4H,1H3,(H,16,17). The molecule has 0 amide bonds. The van der Waals surface area contributed by atoms with Crippen LogP contribution in [0.4, 0.5) is 13.2 Å². The maximum absolute atomic E-state index is 12.8. The van der Waals surface area contributed by atoms with Crippen molar-refractivity contribution >= 4 is 22.5 Å². The quantitative estimate of drug-likeness (QED) is 0.773. The summed E-state index contributed by atoms with van der Waals surface area (Å²) >= 11 is 5.79. The molecule has 0 bridgehead atoms. The molecule has 6 heteroatoms. The minimum atomic E-state index is -4.48. The first-order valence-electron chi connectivity index (χ1n) is 4.70. The fraction of sp³-hybridized carbons (Fsp3) is 0.182. The van der Waals surface area contributed by atoms with Gasteiger partial charge in [0.15, 0.2) is 0 Å². The predicted molar refractivity (Wildman–Crippen MR) is 59.3 cm³/mol. The Morgan fingerprint density at radius 2 is 1.94 bits per heavy atom. The second kappa shape index (κ2) is 3.77. The molecule has 0 unspecified atom stereocenters. The molecule has 90 valence electrons. The molecule has 17 heavy (non-hydrogen) atoms. The van der Waals surface area contributed by atoms with Crippen molar-refractivity contribution in [1.82, 2.24) is 4.98 Å².